The Kier molecular flexibility index (Phi) is 5.85. The molecule has 1 amide bonds. The van der Waals surface area contributed by atoms with Crippen LogP contribution in [0.25, 0.3) is 0 Å². The van der Waals surface area contributed by atoms with Gasteiger partial charge in [-0.25, -0.2) is 9.98 Å². The van der Waals surface area contributed by atoms with Crippen molar-refractivity contribution in [2.24, 2.45) is 12.0 Å². The molecule has 9 heteroatoms. The Hall–Kier alpha value is -2.16. The molecule has 1 saturated carbocycles. The van der Waals surface area contributed by atoms with Crippen LogP contribution in [0, 0.1) is 0 Å². The molecule has 1 aromatic rings. The average Bonchev–Trinajstić information content (AvgIpc) is 3.32. The topological polar surface area (TPSA) is 90.7 Å². The predicted octanol–water partition coefficient (Wildman–Crippen LogP) is -0.823. The normalized spacial score (nSPS) is 19.1. The van der Waals surface area contributed by atoms with Crippen LogP contribution in [0.4, 0.5) is 0 Å². The number of piperazine rings is 1. The van der Waals surface area contributed by atoms with Gasteiger partial charge in [0.05, 0.1) is 6.54 Å². The molecule has 0 atom stereocenters. The van der Waals surface area contributed by atoms with Gasteiger partial charge in [0.15, 0.2) is 5.96 Å². The zero-order valence-corrected chi connectivity index (χ0v) is 15.1. The number of hydrogen-bond donors (Lipinski definition) is 2. The third kappa shape index (κ3) is 5.15. The van der Waals surface area contributed by atoms with Crippen LogP contribution in [0.2, 0.25) is 0 Å². The fourth-order valence-electron chi connectivity index (χ4n) is 2.86. The quantitative estimate of drug-likeness (QED) is 0.515. The van der Waals surface area contributed by atoms with E-state index in [-0.39, 0.29) is 5.91 Å². The van der Waals surface area contributed by atoms with Gasteiger partial charge in [0, 0.05) is 45.8 Å². The summed E-state index contributed by atoms with van der Waals surface area (Å²) in [5.41, 5.74) is 0. The Morgan fingerprint density at radius 3 is 2.68 bits per heavy atom. The van der Waals surface area contributed by atoms with Crippen LogP contribution in [0.3, 0.4) is 0 Å². The second-order valence-corrected chi connectivity index (χ2v) is 6.58. The molecule has 1 aliphatic carbocycles. The number of amides is 1. The van der Waals surface area contributed by atoms with Crippen LogP contribution in [-0.4, -0.2) is 81.7 Å². The van der Waals surface area contributed by atoms with E-state index in [0.717, 1.165) is 57.3 Å². The molecule has 9 nitrogen and oxygen atoms in total. The lowest BCUT2D eigenvalue weighted by Crippen LogP contribution is -2.54. The fraction of sp³-hybridized carbons (Fsp3) is 0.750. The highest BCUT2D eigenvalue weighted by Gasteiger charge is 2.25. The van der Waals surface area contributed by atoms with E-state index in [1.165, 1.54) is 0 Å². The molecule has 1 aromatic heterocycles. The summed E-state index contributed by atoms with van der Waals surface area (Å²) in [5.74, 6) is 1.89. The largest absolute Gasteiger partial charge is 0.357 e. The maximum atomic E-state index is 11.9. The predicted molar refractivity (Wildman–Crippen MR) is 95.0 cm³/mol. The molecule has 2 N–H and O–H groups in total. The second kappa shape index (κ2) is 8.28. The van der Waals surface area contributed by atoms with Crippen LogP contribution in [0.1, 0.15) is 25.6 Å². The molecule has 1 saturated heterocycles. The first-order chi connectivity index (χ1) is 12.2. The van der Waals surface area contributed by atoms with Gasteiger partial charge in [0.1, 0.15) is 18.7 Å². The minimum Gasteiger partial charge on any atom is -0.357 e. The molecule has 0 spiro atoms. The number of guanidine groups is 1. The molecule has 3 rings (SSSR count). The molecule has 1 aliphatic heterocycles. The Morgan fingerprint density at radius 1 is 1.32 bits per heavy atom. The molecule has 0 bridgehead atoms. The Labute approximate surface area is 148 Å². The lowest BCUT2D eigenvalue weighted by molar-refractivity contribution is -0.122. The smallest absolute Gasteiger partial charge is 0.234 e. The molecule has 25 heavy (non-hydrogen) atoms. The number of rotatable bonds is 6. The molecule has 0 unspecified atom stereocenters. The number of hydrogen-bond acceptors (Lipinski definition) is 5. The van der Waals surface area contributed by atoms with E-state index in [2.05, 4.69) is 42.4 Å². The number of aliphatic imine (C=N–C) groups is 1. The van der Waals surface area contributed by atoms with Gasteiger partial charge in [0.25, 0.3) is 0 Å². The van der Waals surface area contributed by atoms with Crippen molar-refractivity contribution in [1.82, 2.24) is 35.2 Å². The maximum absolute atomic E-state index is 11.9. The van der Waals surface area contributed by atoms with Crippen LogP contribution in [-0.2, 0) is 18.4 Å². The molecule has 2 fully saturated rings. The lowest BCUT2D eigenvalue weighted by Gasteiger charge is -2.36. The monoisotopic (exact) mass is 348 g/mol. The number of carbonyl (C=O) groups is 1. The summed E-state index contributed by atoms with van der Waals surface area (Å²) in [6, 6.07) is 0.432. The molecule has 0 aromatic carbocycles. The van der Waals surface area contributed by atoms with Gasteiger partial charge in [0.2, 0.25) is 5.91 Å². The SMILES string of the molecule is CCNC(=NCc1ncnn1C)N1CCN(CC(=O)NC2CC2)CC1. The van der Waals surface area contributed by atoms with Crippen molar-refractivity contribution in [3.05, 3.63) is 12.2 Å². The molecule has 2 aliphatic rings. The zero-order chi connectivity index (χ0) is 17.6. The van der Waals surface area contributed by atoms with E-state index >= 15 is 0 Å². The number of nitrogens with zero attached hydrogens (tertiary/aromatic N) is 6. The number of nitrogens with one attached hydrogen (secondary N) is 2. The third-order valence-electron chi connectivity index (χ3n) is 4.49. The fourth-order valence-corrected chi connectivity index (χ4v) is 2.86. The van der Waals surface area contributed by atoms with Gasteiger partial charge >= 0.3 is 0 Å². The van der Waals surface area contributed by atoms with Gasteiger partial charge in [-0.15, -0.1) is 0 Å². The summed E-state index contributed by atoms with van der Waals surface area (Å²) >= 11 is 0. The Bertz CT molecular complexity index is 601. The van der Waals surface area contributed by atoms with Gasteiger partial charge in [-0.1, -0.05) is 0 Å². The Morgan fingerprint density at radius 2 is 2.08 bits per heavy atom. The maximum Gasteiger partial charge on any atom is 0.234 e. The highest BCUT2D eigenvalue weighted by molar-refractivity contribution is 5.80. The van der Waals surface area contributed by atoms with E-state index in [1.54, 1.807) is 11.0 Å². The minimum atomic E-state index is 0.152. The van der Waals surface area contributed by atoms with Gasteiger partial charge in [-0.05, 0) is 19.8 Å². The van der Waals surface area contributed by atoms with Gasteiger partial charge in [-0.3, -0.25) is 14.4 Å². The standard InChI is InChI=1S/C16H28N8O/c1-3-17-16(18-10-14-19-12-20-22(14)2)24-8-6-23(7-9-24)11-15(25)21-13-4-5-13/h12-13H,3-11H2,1-2H3,(H,17,18)(H,21,25). The number of aromatic nitrogens is 3. The van der Waals surface area contributed by atoms with Crippen LogP contribution in [0.5, 0.6) is 0 Å². The van der Waals surface area contributed by atoms with Crippen molar-refractivity contribution >= 4 is 11.9 Å². The summed E-state index contributed by atoms with van der Waals surface area (Å²) in [5, 5.41) is 10.5. The first-order valence-corrected chi connectivity index (χ1v) is 9.03. The summed E-state index contributed by atoms with van der Waals surface area (Å²) in [7, 11) is 1.87. The first-order valence-electron chi connectivity index (χ1n) is 9.03. The number of carbonyl (C=O) groups excluding carboxylic acids is 1. The highest BCUT2D eigenvalue weighted by atomic mass is 16.2. The molecular weight excluding hydrogens is 320 g/mol. The molecular formula is C16H28N8O. The zero-order valence-electron chi connectivity index (χ0n) is 15.1. The van der Waals surface area contributed by atoms with E-state index in [1.807, 2.05) is 7.05 Å². The minimum absolute atomic E-state index is 0.152. The van der Waals surface area contributed by atoms with E-state index in [4.69, 9.17) is 0 Å². The molecule has 0 radical (unpaired) electrons. The summed E-state index contributed by atoms with van der Waals surface area (Å²) in [6.45, 7) is 7.35. The van der Waals surface area contributed by atoms with Crippen molar-refractivity contribution in [2.45, 2.75) is 32.4 Å². The van der Waals surface area contributed by atoms with Crippen molar-refractivity contribution in [1.29, 1.82) is 0 Å². The molecule has 2 heterocycles. The van der Waals surface area contributed by atoms with E-state index in [0.29, 0.717) is 19.1 Å². The molecule has 138 valence electrons. The second-order valence-electron chi connectivity index (χ2n) is 6.58. The van der Waals surface area contributed by atoms with E-state index < -0.39 is 0 Å². The summed E-state index contributed by atoms with van der Waals surface area (Å²) in [4.78, 5) is 25.3. The van der Waals surface area contributed by atoms with E-state index in [9.17, 15) is 4.79 Å². The van der Waals surface area contributed by atoms with Gasteiger partial charge < -0.3 is 15.5 Å². The summed E-state index contributed by atoms with van der Waals surface area (Å²) in [6.07, 6.45) is 3.81. The first kappa shape index (κ1) is 17.7. The van der Waals surface area contributed by atoms with Crippen molar-refractivity contribution < 1.29 is 4.79 Å². The average molecular weight is 348 g/mol. The van der Waals surface area contributed by atoms with Crippen molar-refractivity contribution in [3.63, 3.8) is 0 Å². The van der Waals surface area contributed by atoms with Crippen molar-refractivity contribution in [2.75, 3.05) is 39.3 Å². The van der Waals surface area contributed by atoms with Crippen LogP contribution >= 0.6 is 0 Å². The van der Waals surface area contributed by atoms with Gasteiger partial charge in [-0.2, -0.15) is 5.10 Å². The van der Waals surface area contributed by atoms with Crippen LogP contribution in [0.15, 0.2) is 11.3 Å². The van der Waals surface area contributed by atoms with Crippen LogP contribution < -0.4 is 10.6 Å². The van der Waals surface area contributed by atoms with Crippen molar-refractivity contribution in [3.8, 4) is 0 Å². The number of aryl methyl sites for hydroxylation is 1. The highest BCUT2D eigenvalue weighted by Crippen LogP contribution is 2.18. The Balaban J connectivity index is 1.49. The lowest BCUT2D eigenvalue weighted by atomic mass is 10.3. The third-order valence-corrected chi connectivity index (χ3v) is 4.49. The summed E-state index contributed by atoms with van der Waals surface area (Å²) < 4.78 is 1.74.